The fraction of sp³-hybridized carbons (Fsp3) is 0.111. The van der Waals surface area contributed by atoms with Gasteiger partial charge in [-0.3, -0.25) is 4.68 Å². The first-order chi connectivity index (χ1) is 7.09. The molecule has 2 heterocycles. The van der Waals surface area contributed by atoms with Gasteiger partial charge in [0.15, 0.2) is 0 Å². The summed E-state index contributed by atoms with van der Waals surface area (Å²) in [5, 5.41) is 4.50. The molecule has 2 aromatic rings. The highest BCUT2D eigenvalue weighted by Crippen LogP contribution is 2.32. The number of pyridine rings is 1. The van der Waals surface area contributed by atoms with E-state index in [0.717, 1.165) is 15.7 Å². The van der Waals surface area contributed by atoms with Crippen LogP contribution < -0.4 is 5.73 Å². The Bertz CT molecular complexity index is 489. The summed E-state index contributed by atoms with van der Waals surface area (Å²) >= 11 is 9.24. The van der Waals surface area contributed by atoms with Crippen LogP contribution in [0.5, 0.6) is 0 Å². The zero-order valence-corrected chi connectivity index (χ0v) is 10.2. The molecular formula is C9H8BrClN4. The lowest BCUT2D eigenvalue weighted by Crippen LogP contribution is -1.97. The number of nitrogen functional groups attached to an aromatic ring is 1. The minimum atomic E-state index is 0.425. The monoisotopic (exact) mass is 286 g/mol. The van der Waals surface area contributed by atoms with Gasteiger partial charge in [0.05, 0.1) is 17.6 Å². The van der Waals surface area contributed by atoms with Crippen LogP contribution in [0.1, 0.15) is 0 Å². The summed E-state index contributed by atoms with van der Waals surface area (Å²) in [6, 6.07) is 1.75. The maximum Gasteiger partial charge on any atom is 0.129 e. The number of rotatable bonds is 1. The van der Waals surface area contributed by atoms with Crippen LogP contribution >= 0.6 is 27.5 Å². The van der Waals surface area contributed by atoms with E-state index in [1.54, 1.807) is 23.1 Å². The summed E-state index contributed by atoms with van der Waals surface area (Å²) in [4.78, 5) is 3.96. The van der Waals surface area contributed by atoms with Crippen molar-refractivity contribution in [3.05, 3.63) is 28.1 Å². The molecule has 2 N–H and O–H groups in total. The van der Waals surface area contributed by atoms with E-state index >= 15 is 0 Å². The number of halogens is 2. The number of aromatic nitrogens is 3. The van der Waals surface area contributed by atoms with Gasteiger partial charge in [-0.25, -0.2) is 4.98 Å². The highest BCUT2D eigenvalue weighted by molar-refractivity contribution is 9.10. The molecule has 0 amide bonds. The second-order valence-electron chi connectivity index (χ2n) is 3.06. The fourth-order valence-electron chi connectivity index (χ4n) is 1.38. The molecule has 0 aliphatic heterocycles. The van der Waals surface area contributed by atoms with Crippen LogP contribution in [-0.4, -0.2) is 14.8 Å². The maximum absolute atomic E-state index is 5.84. The first-order valence-electron chi connectivity index (χ1n) is 4.18. The number of aryl methyl sites for hydroxylation is 1. The van der Waals surface area contributed by atoms with Crippen LogP contribution in [0.4, 0.5) is 5.69 Å². The van der Waals surface area contributed by atoms with Gasteiger partial charge in [-0.1, -0.05) is 11.6 Å². The second kappa shape index (κ2) is 3.83. The topological polar surface area (TPSA) is 56.7 Å². The van der Waals surface area contributed by atoms with Crippen molar-refractivity contribution in [1.82, 2.24) is 14.8 Å². The maximum atomic E-state index is 5.84. The fourth-order valence-corrected chi connectivity index (χ4v) is 1.94. The van der Waals surface area contributed by atoms with Gasteiger partial charge in [-0.2, -0.15) is 5.10 Å². The zero-order chi connectivity index (χ0) is 11.0. The van der Waals surface area contributed by atoms with Crippen LogP contribution in [0.15, 0.2) is 22.9 Å². The van der Waals surface area contributed by atoms with Crippen LogP contribution in [0.25, 0.3) is 11.3 Å². The van der Waals surface area contributed by atoms with Crippen molar-refractivity contribution < 1.29 is 0 Å². The largest absolute Gasteiger partial charge is 0.396 e. The van der Waals surface area contributed by atoms with E-state index in [0.29, 0.717) is 10.8 Å². The molecule has 0 atom stereocenters. The van der Waals surface area contributed by atoms with Gasteiger partial charge >= 0.3 is 0 Å². The van der Waals surface area contributed by atoms with Gasteiger partial charge in [-0.15, -0.1) is 0 Å². The molecule has 0 bridgehead atoms. The molecule has 0 saturated heterocycles. The number of nitrogens with two attached hydrogens (primary N) is 1. The molecule has 0 aliphatic rings. The van der Waals surface area contributed by atoms with E-state index in [-0.39, 0.29) is 0 Å². The Morgan fingerprint density at radius 1 is 1.47 bits per heavy atom. The van der Waals surface area contributed by atoms with Crippen LogP contribution in [0, 0.1) is 0 Å². The molecule has 0 unspecified atom stereocenters. The van der Waals surface area contributed by atoms with Gasteiger partial charge in [0.2, 0.25) is 0 Å². The van der Waals surface area contributed by atoms with E-state index in [2.05, 4.69) is 26.0 Å². The molecule has 78 valence electrons. The average Bonchev–Trinajstić information content (AvgIpc) is 2.51. The van der Waals surface area contributed by atoms with Gasteiger partial charge in [0.25, 0.3) is 0 Å². The predicted octanol–water partition coefficient (Wildman–Crippen LogP) is 2.48. The summed E-state index contributed by atoms with van der Waals surface area (Å²) in [7, 11) is 1.83. The van der Waals surface area contributed by atoms with Gasteiger partial charge in [0, 0.05) is 23.3 Å². The quantitative estimate of drug-likeness (QED) is 0.820. The van der Waals surface area contributed by atoms with Crippen molar-refractivity contribution in [3.8, 4) is 11.3 Å². The Balaban J connectivity index is 2.68. The van der Waals surface area contributed by atoms with E-state index in [1.807, 2.05) is 7.05 Å². The van der Waals surface area contributed by atoms with Crippen molar-refractivity contribution >= 4 is 33.2 Å². The molecule has 2 aromatic heterocycles. The minimum absolute atomic E-state index is 0.425. The second-order valence-corrected chi connectivity index (χ2v) is 4.30. The van der Waals surface area contributed by atoms with E-state index in [1.165, 1.54) is 0 Å². The van der Waals surface area contributed by atoms with Crippen LogP contribution in [0.2, 0.25) is 5.15 Å². The van der Waals surface area contributed by atoms with Crippen molar-refractivity contribution in [2.24, 2.45) is 7.05 Å². The lowest BCUT2D eigenvalue weighted by atomic mass is 10.2. The van der Waals surface area contributed by atoms with E-state index in [9.17, 15) is 0 Å². The third-order valence-electron chi connectivity index (χ3n) is 2.04. The average molecular weight is 288 g/mol. The van der Waals surface area contributed by atoms with Crippen LogP contribution in [0.3, 0.4) is 0 Å². The summed E-state index contributed by atoms with van der Waals surface area (Å²) < 4.78 is 2.54. The number of nitrogens with zero attached hydrogens (tertiary/aromatic N) is 3. The Morgan fingerprint density at radius 2 is 2.20 bits per heavy atom. The zero-order valence-electron chi connectivity index (χ0n) is 7.91. The third kappa shape index (κ3) is 1.85. The standard InChI is InChI=1S/C9H8BrClN4/c1-15-9(7(12)4-14-15)5-2-8(11)13-3-6(5)10/h2-4H,12H2,1H3. The molecule has 0 spiro atoms. The summed E-state index contributed by atoms with van der Waals surface area (Å²) in [6.45, 7) is 0. The Labute approximate surface area is 100 Å². The molecule has 6 heteroatoms. The highest BCUT2D eigenvalue weighted by atomic mass is 79.9. The molecule has 4 nitrogen and oxygen atoms in total. The smallest absolute Gasteiger partial charge is 0.129 e. The molecular weight excluding hydrogens is 279 g/mol. The highest BCUT2D eigenvalue weighted by Gasteiger charge is 2.12. The van der Waals surface area contributed by atoms with Gasteiger partial charge in [0.1, 0.15) is 5.15 Å². The summed E-state index contributed by atoms with van der Waals surface area (Å²) in [5.74, 6) is 0. The summed E-state index contributed by atoms with van der Waals surface area (Å²) in [5.41, 5.74) is 8.14. The predicted molar refractivity (Wildman–Crippen MR) is 63.6 cm³/mol. The van der Waals surface area contributed by atoms with Gasteiger partial charge < -0.3 is 5.73 Å². The molecule has 15 heavy (non-hydrogen) atoms. The SMILES string of the molecule is Cn1ncc(N)c1-c1cc(Cl)ncc1Br. The van der Waals surface area contributed by atoms with E-state index < -0.39 is 0 Å². The molecule has 0 aromatic carbocycles. The lowest BCUT2D eigenvalue weighted by Gasteiger charge is -2.06. The van der Waals surface area contributed by atoms with Crippen LogP contribution in [-0.2, 0) is 7.05 Å². The van der Waals surface area contributed by atoms with E-state index in [4.69, 9.17) is 17.3 Å². The van der Waals surface area contributed by atoms with Crippen molar-refractivity contribution in [2.45, 2.75) is 0 Å². The molecule has 2 rings (SSSR count). The Morgan fingerprint density at radius 3 is 2.80 bits per heavy atom. The molecule has 0 fully saturated rings. The number of hydrogen-bond donors (Lipinski definition) is 1. The van der Waals surface area contributed by atoms with Crippen molar-refractivity contribution in [1.29, 1.82) is 0 Å². The Hall–Kier alpha value is -1.07. The lowest BCUT2D eigenvalue weighted by molar-refractivity contribution is 0.775. The first-order valence-corrected chi connectivity index (χ1v) is 5.35. The first kappa shape index (κ1) is 10.4. The number of hydrogen-bond acceptors (Lipinski definition) is 3. The molecule has 0 saturated carbocycles. The van der Waals surface area contributed by atoms with Crippen molar-refractivity contribution in [3.63, 3.8) is 0 Å². The minimum Gasteiger partial charge on any atom is -0.396 e. The third-order valence-corrected chi connectivity index (χ3v) is 2.88. The molecule has 0 aliphatic carbocycles. The normalized spacial score (nSPS) is 10.6. The Kier molecular flexibility index (Phi) is 2.67. The number of anilines is 1. The molecule has 0 radical (unpaired) electrons. The summed E-state index contributed by atoms with van der Waals surface area (Å²) in [6.07, 6.45) is 3.25. The van der Waals surface area contributed by atoms with Crippen molar-refractivity contribution in [2.75, 3.05) is 5.73 Å². The van der Waals surface area contributed by atoms with Gasteiger partial charge in [-0.05, 0) is 22.0 Å².